The first-order chi connectivity index (χ1) is 22.5. The molecule has 0 spiro atoms. The molecule has 8 nitrogen and oxygen atoms in total. The molecule has 250 valence electrons. The molecule has 46 heavy (non-hydrogen) atoms. The van der Waals surface area contributed by atoms with Crippen LogP contribution in [-0.2, 0) is 16.0 Å². The quantitative estimate of drug-likeness (QED) is 0.0979. The van der Waals surface area contributed by atoms with Gasteiger partial charge in [-0.15, -0.1) is 10.2 Å². The summed E-state index contributed by atoms with van der Waals surface area (Å²) in [6.45, 7) is 6.19. The van der Waals surface area contributed by atoms with Crippen molar-refractivity contribution < 1.29 is 14.3 Å². The molecule has 1 fully saturated rings. The molecule has 2 aromatic carbocycles. The zero-order valence-electron chi connectivity index (χ0n) is 28.2. The summed E-state index contributed by atoms with van der Waals surface area (Å²) < 4.78 is 7.46. The number of hydrogen-bond acceptors (Lipinski definition) is 6. The molecule has 0 radical (unpaired) electrons. The van der Waals surface area contributed by atoms with E-state index in [9.17, 15) is 9.59 Å². The van der Waals surface area contributed by atoms with Gasteiger partial charge in [0.25, 0.3) is 0 Å². The highest BCUT2D eigenvalue weighted by molar-refractivity contribution is 7.99. The van der Waals surface area contributed by atoms with E-state index in [1.54, 1.807) is 18.9 Å². The van der Waals surface area contributed by atoms with Crippen molar-refractivity contribution in [3.05, 3.63) is 66.0 Å². The monoisotopic (exact) mass is 647 g/mol. The molecule has 2 heterocycles. The van der Waals surface area contributed by atoms with Crippen molar-refractivity contribution in [3.63, 3.8) is 0 Å². The van der Waals surface area contributed by atoms with Crippen LogP contribution >= 0.6 is 11.8 Å². The predicted octanol–water partition coefficient (Wildman–Crippen LogP) is 7.72. The third-order valence-electron chi connectivity index (χ3n) is 8.80. The highest BCUT2D eigenvalue weighted by atomic mass is 32.2. The van der Waals surface area contributed by atoms with Gasteiger partial charge in [-0.2, -0.15) is 0 Å². The fourth-order valence-corrected chi connectivity index (χ4v) is 7.02. The Morgan fingerprint density at radius 2 is 1.50 bits per heavy atom. The zero-order chi connectivity index (χ0) is 32.6. The Hall–Kier alpha value is -3.33. The fourth-order valence-electron chi connectivity index (χ4n) is 6.11. The van der Waals surface area contributed by atoms with Crippen LogP contribution in [0.5, 0.6) is 5.75 Å². The van der Waals surface area contributed by atoms with E-state index in [1.807, 2.05) is 52.3 Å². The lowest BCUT2D eigenvalue weighted by Gasteiger charge is -2.40. The number of hydrogen-bond donors (Lipinski definition) is 0. The van der Waals surface area contributed by atoms with Gasteiger partial charge >= 0.3 is 0 Å². The van der Waals surface area contributed by atoms with E-state index < -0.39 is 0 Å². The summed E-state index contributed by atoms with van der Waals surface area (Å²) in [5, 5.41) is 9.89. The van der Waals surface area contributed by atoms with Crippen molar-refractivity contribution in [1.29, 1.82) is 0 Å². The number of methoxy groups -OCH3 is 1. The van der Waals surface area contributed by atoms with Crippen molar-refractivity contribution in [3.8, 4) is 11.4 Å². The van der Waals surface area contributed by atoms with Crippen LogP contribution in [0.4, 0.5) is 0 Å². The lowest BCUT2D eigenvalue weighted by atomic mass is 10.1. The highest BCUT2D eigenvalue weighted by Crippen LogP contribution is 2.26. The predicted molar refractivity (Wildman–Crippen MR) is 187 cm³/mol. The summed E-state index contributed by atoms with van der Waals surface area (Å²) in [4.78, 5) is 29.9. The Morgan fingerprint density at radius 3 is 2.17 bits per heavy atom. The van der Waals surface area contributed by atoms with E-state index in [0.717, 1.165) is 47.4 Å². The minimum absolute atomic E-state index is 0.0595. The molecule has 1 aromatic heterocycles. The highest BCUT2D eigenvalue weighted by Gasteiger charge is 2.29. The third kappa shape index (κ3) is 10.9. The number of unbranched alkanes of at least 4 members (excludes halogenated alkanes) is 8. The average Bonchev–Trinajstić information content (AvgIpc) is 3.47. The van der Waals surface area contributed by atoms with Crippen LogP contribution < -0.4 is 4.74 Å². The first-order valence-electron chi connectivity index (χ1n) is 17.3. The average molecular weight is 648 g/mol. The van der Waals surface area contributed by atoms with Gasteiger partial charge < -0.3 is 14.5 Å². The fraction of sp³-hybridized carbons (Fsp3) is 0.568. The van der Waals surface area contributed by atoms with Gasteiger partial charge in [0.2, 0.25) is 11.8 Å². The summed E-state index contributed by atoms with van der Waals surface area (Å²) in [6, 6.07) is 18.3. The minimum Gasteiger partial charge on any atom is -0.497 e. The van der Waals surface area contributed by atoms with Crippen LogP contribution in [0.3, 0.4) is 0 Å². The Balaban J connectivity index is 1.20. The van der Waals surface area contributed by atoms with E-state index >= 15 is 0 Å². The van der Waals surface area contributed by atoms with Gasteiger partial charge in [-0.05, 0) is 49.6 Å². The molecular weight excluding hydrogens is 595 g/mol. The van der Waals surface area contributed by atoms with Crippen LogP contribution in [0.25, 0.3) is 5.69 Å². The van der Waals surface area contributed by atoms with Crippen LogP contribution in [0.1, 0.15) is 102 Å². The maximum Gasteiger partial charge on any atom is 0.222 e. The Kier molecular flexibility index (Phi) is 14.9. The Bertz CT molecular complexity index is 1330. The topological polar surface area (TPSA) is 80.6 Å². The maximum atomic E-state index is 13.1. The van der Waals surface area contributed by atoms with Crippen molar-refractivity contribution in [2.45, 2.75) is 109 Å². The van der Waals surface area contributed by atoms with Gasteiger partial charge in [-0.25, -0.2) is 0 Å². The van der Waals surface area contributed by atoms with E-state index in [0.29, 0.717) is 38.9 Å². The SMILES string of the molecule is CCCCCCCCCCCC(=O)N1CCN(C(=O)CCCSc2nnc(Cc3ccccc3)n2-c2ccc(OC)cc2)CC1C. The van der Waals surface area contributed by atoms with Crippen LogP contribution in [0.15, 0.2) is 59.8 Å². The largest absolute Gasteiger partial charge is 0.497 e. The van der Waals surface area contributed by atoms with Gasteiger partial charge in [0.15, 0.2) is 5.16 Å². The summed E-state index contributed by atoms with van der Waals surface area (Å²) in [5.74, 6) is 2.84. The molecule has 0 bridgehead atoms. The normalized spacial score (nSPS) is 14.9. The van der Waals surface area contributed by atoms with Crippen LogP contribution in [0, 0.1) is 0 Å². The molecule has 0 aliphatic carbocycles. The summed E-state index contributed by atoms with van der Waals surface area (Å²) in [6.07, 6.45) is 13.8. The molecule has 9 heteroatoms. The standard InChI is InChI=1S/C37H53N5O3S/c1-4-5-6-7-8-9-10-11-15-19-36(44)41-26-25-40(29-30(41)2)35(43)20-16-27-46-37-39-38-34(28-31-17-13-12-14-18-31)42(37)32-21-23-33(45-3)24-22-32/h12-14,17-18,21-24,30H,4-11,15-16,19-20,25-29H2,1-3H3. The summed E-state index contributed by atoms with van der Waals surface area (Å²) >= 11 is 1.63. The number of rotatable bonds is 19. The number of carbonyl (C=O) groups is 2. The van der Waals surface area contributed by atoms with E-state index in [4.69, 9.17) is 4.74 Å². The lowest BCUT2D eigenvalue weighted by Crippen LogP contribution is -2.55. The van der Waals surface area contributed by atoms with E-state index in [1.165, 1.54) is 50.5 Å². The lowest BCUT2D eigenvalue weighted by molar-refractivity contribution is -0.142. The Morgan fingerprint density at radius 1 is 0.826 bits per heavy atom. The van der Waals surface area contributed by atoms with Gasteiger partial charge in [-0.3, -0.25) is 14.2 Å². The smallest absolute Gasteiger partial charge is 0.222 e. The van der Waals surface area contributed by atoms with Gasteiger partial charge in [0.1, 0.15) is 11.6 Å². The van der Waals surface area contributed by atoms with Gasteiger partial charge in [0, 0.05) is 56.4 Å². The molecule has 1 aliphatic rings. The second-order valence-corrected chi connectivity index (χ2v) is 13.5. The van der Waals surface area contributed by atoms with Crippen molar-refractivity contribution in [1.82, 2.24) is 24.6 Å². The van der Waals surface area contributed by atoms with E-state index in [2.05, 4.69) is 40.7 Å². The molecule has 1 saturated heterocycles. The van der Waals surface area contributed by atoms with Gasteiger partial charge in [-0.1, -0.05) is 100 Å². The Labute approximate surface area is 280 Å². The van der Waals surface area contributed by atoms with Crippen molar-refractivity contribution in [2.75, 3.05) is 32.5 Å². The molecular formula is C37H53N5O3S. The summed E-state index contributed by atoms with van der Waals surface area (Å²) in [5.41, 5.74) is 2.15. The number of amides is 2. The number of ether oxygens (including phenoxy) is 1. The van der Waals surface area contributed by atoms with Crippen LogP contribution in [0.2, 0.25) is 0 Å². The number of aromatic nitrogens is 3. The zero-order valence-corrected chi connectivity index (χ0v) is 29.0. The second-order valence-electron chi connectivity index (χ2n) is 12.4. The molecule has 1 atom stereocenters. The second kappa shape index (κ2) is 19.4. The molecule has 2 amide bonds. The number of piperazine rings is 1. The number of nitrogens with zero attached hydrogens (tertiary/aromatic N) is 5. The molecule has 4 rings (SSSR count). The van der Waals surface area contributed by atoms with Crippen LogP contribution in [-0.4, -0.2) is 74.9 Å². The number of benzene rings is 2. The molecule has 1 aliphatic heterocycles. The maximum absolute atomic E-state index is 13.1. The summed E-state index contributed by atoms with van der Waals surface area (Å²) in [7, 11) is 1.66. The number of thioether (sulfide) groups is 1. The van der Waals surface area contributed by atoms with Crippen molar-refractivity contribution >= 4 is 23.6 Å². The van der Waals surface area contributed by atoms with Gasteiger partial charge in [0.05, 0.1) is 7.11 Å². The molecule has 0 saturated carbocycles. The minimum atomic E-state index is 0.0595. The van der Waals surface area contributed by atoms with E-state index in [-0.39, 0.29) is 17.9 Å². The van der Waals surface area contributed by atoms with Crippen molar-refractivity contribution in [2.24, 2.45) is 0 Å². The number of carbonyl (C=O) groups excluding carboxylic acids is 2. The first kappa shape index (κ1) is 35.5. The molecule has 3 aromatic rings. The third-order valence-corrected chi connectivity index (χ3v) is 9.81. The molecule has 0 N–H and O–H groups in total. The molecule has 1 unspecified atom stereocenters. The first-order valence-corrected chi connectivity index (χ1v) is 18.3.